The summed E-state index contributed by atoms with van der Waals surface area (Å²) < 4.78 is 5.27. The predicted octanol–water partition coefficient (Wildman–Crippen LogP) is 5.35. The Bertz CT molecular complexity index is 886. The number of carbonyl (C=O) groups excluding carboxylic acids is 1. The predicted molar refractivity (Wildman–Crippen MR) is 90.4 cm³/mol. The molecule has 0 amide bonds. The number of nitrogens with zero attached hydrogens (tertiary/aromatic N) is 2. The number of benzene rings is 3. The maximum atomic E-state index is 11.4. The van der Waals surface area contributed by atoms with Gasteiger partial charge in [-0.15, -0.1) is 5.11 Å². The van der Waals surface area contributed by atoms with Crippen molar-refractivity contribution >= 4 is 28.1 Å². The first-order valence-corrected chi connectivity index (χ1v) is 7.11. The Kier molecular flexibility index (Phi) is 4.25. The molecule has 3 rings (SSSR count). The molecule has 0 atom stereocenters. The summed E-state index contributed by atoms with van der Waals surface area (Å²) in [5.74, 6) is -0.0158. The second-order valence-electron chi connectivity index (χ2n) is 4.79. The van der Waals surface area contributed by atoms with Crippen molar-refractivity contribution in [2.45, 2.75) is 0 Å². The molecule has 0 spiro atoms. The van der Waals surface area contributed by atoms with E-state index in [0.29, 0.717) is 11.4 Å². The van der Waals surface area contributed by atoms with Gasteiger partial charge in [-0.2, -0.15) is 5.11 Å². The molecule has 0 fully saturated rings. The van der Waals surface area contributed by atoms with Crippen LogP contribution in [0.15, 0.2) is 89.6 Å². The molecule has 0 heterocycles. The van der Waals surface area contributed by atoms with Crippen molar-refractivity contribution in [3.05, 3.63) is 79.4 Å². The molecule has 3 aromatic rings. The maximum absolute atomic E-state index is 11.4. The van der Waals surface area contributed by atoms with Crippen molar-refractivity contribution in [3.63, 3.8) is 0 Å². The Labute approximate surface area is 133 Å². The Morgan fingerprint density at radius 3 is 2.30 bits per heavy atom. The lowest BCUT2D eigenvalue weighted by Gasteiger charge is -2.07. The highest BCUT2D eigenvalue weighted by molar-refractivity contribution is 5.98. The van der Waals surface area contributed by atoms with Gasteiger partial charge in [-0.25, -0.2) is 4.79 Å². The summed E-state index contributed by atoms with van der Waals surface area (Å²) in [5.41, 5.74) is 1.49. The van der Waals surface area contributed by atoms with Gasteiger partial charge in [-0.1, -0.05) is 49.0 Å². The topological polar surface area (TPSA) is 51.0 Å². The lowest BCUT2D eigenvalue weighted by atomic mass is 10.1. The Balaban J connectivity index is 2.02. The lowest BCUT2D eigenvalue weighted by molar-refractivity contribution is -0.128. The van der Waals surface area contributed by atoms with Crippen LogP contribution in [0.1, 0.15) is 0 Å². The van der Waals surface area contributed by atoms with Crippen LogP contribution in [-0.4, -0.2) is 5.97 Å². The monoisotopic (exact) mass is 302 g/mol. The van der Waals surface area contributed by atoms with Crippen LogP contribution in [0.4, 0.5) is 11.4 Å². The van der Waals surface area contributed by atoms with Crippen LogP contribution in [-0.2, 0) is 4.79 Å². The summed E-state index contributed by atoms with van der Waals surface area (Å²) in [4.78, 5) is 11.4. The summed E-state index contributed by atoms with van der Waals surface area (Å²) in [6, 6.07) is 20.6. The number of hydrogen-bond donors (Lipinski definition) is 0. The molecule has 4 heteroatoms. The van der Waals surface area contributed by atoms with Crippen molar-refractivity contribution in [1.29, 1.82) is 0 Å². The van der Waals surface area contributed by atoms with E-state index in [-0.39, 0.29) is 0 Å². The first-order chi connectivity index (χ1) is 11.3. The average molecular weight is 302 g/mol. The SMILES string of the molecule is C=CC(=O)Oc1ccc(/N=N/c2ccccc2)c2ccccc12. The fourth-order valence-corrected chi connectivity index (χ4v) is 2.19. The van der Waals surface area contributed by atoms with E-state index in [0.717, 1.165) is 22.5 Å². The van der Waals surface area contributed by atoms with Gasteiger partial charge >= 0.3 is 5.97 Å². The van der Waals surface area contributed by atoms with Gasteiger partial charge in [0.25, 0.3) is 0 Å². The number of esters is 1. The highest BCUT2D eigenvalue weighted by Gasteiger charge is 2.08. The molecule has 0 unspecified atom stereocenters. The maximum Gasteiger partial charge on any atom is 0.335 e. The molecule has 0 bridgehead atoms. The van der Waals surface area contributed by atoms with Crippen molar-refractivity contribution in [2.24, 2.45) is 10.2 Å². The van der Waals surface area contributed by atoms with Crippen molar-refractivity contribution in [2.75, 3.05) is 0 Å². The van der Waals surface area contributed by atoms with Crippen LogP contribution in [0.25, 0.3) is 10.8 Å². The van der Waals surface area contributed by atoms with E-state index >= 15 is 0 Å². The van der Waals surface area contributed by atoms with Gasteiger partial charge < -0.3 is 4.74 Å². The Hall–Kier alpha value is -3.27. The number of azo groups is 1. The lowest BCUT2D eigenvalue weighted by Crippen LogP contribution is -2.03. The molecule has 23 heavy (non-hydrogen) atoms. The molecule has 0 radical (unpaired) electrons. The van der Waals surface area contributed by atoms with Gasteiger partial charge in [-0.3, -0.25) is 0 Å². The fraction of sp³-hybridized carbons (Fsp3) is 0. The first kappa shape index (κ1) is 14.7. The molecule has 0 N–H and O–H groups in total. The van der Waals surface area contributed by atoms with E-state index in [1.165, 1.54) is 0 Å². The van der Waals surface area contributed by atoms with Crippen LogP contribution in [0.2, 0.25) is 0 Å². The molecule has 4 nitrogen and oxygen atoms in total. The minimum Gasteiger partial charge on any atom is -0.423 e. The summed E-state index contributed by atoms with van der Waals surface area (Å²) in [6.07, 6.45) is 1.14. The van der Waals surface area contributed by atoms with Gasteiger partial charge in [0.05, 0.1) is 11.4 Å². The van der Waals surface area contributed by atoms with E-state index in [4.69, 9.17) is 4.74 Å². The normalized spacial score (nSPS) is 10.8. The number of hydrogen-bond acceptors (Lipinski definition) is 4. The van der Waals surface area contributed by atoms with Crippen LogP contribution in [0, 0.1) is 0 Å². The molecule has 0 aliphatic rings. The standard InChI is InChI=1S/C19H14N2O2/c1-2-19(22)23-18-13-12-17(15-10-6-7-11-16(15)18)21-20-14-8-4-3-5-9-14/h2-13H,1H2/b21-20+. The van der Waals surface area contributed by atoms with Crippen LogP contribution >= 0.6 is 0 Å². The highest BCUT2D eigenvalue weighted by Crippen LogP contribution is 2.34. The van der Waals surface area contributed by atoms with Gasteiger partial charge in [0.1, 0.15) is 5.75 Å². The van der Waals surface area contributed by atoms with Crippen LogP contribution in [0.5, 0.6) is 5.75 Å². The third kappa shape index (κ3) is 3.32. The third-order valence-corrected chi connectivity index (χ3v) is 3.27. The molecule has 0 aromatic heterocycles. The van der Waals surface area contributed by atoms with Crippen molar-refractivity contribution in [3.8, 4) is 5.75 Å². The number of fused-ring (bicyclic) bond motifs is 1. The summed E-state index contributed by atoms with van der Waals surface area (Å²) >= 11 is 0. The van der Waals surface area contributed by atoms with E-state index in [1.807, 2.05) is 54.6 Å². The van der Waals surface area contributed by atoms with Gasteiger partial charge in [0, 0.05) is 16.8 Å². The first-order valence-electron chi connectivity index (χ1n) is 7.11. The second kappa shape index (κ2) is 6.66. The minimum atomic E-state index is -0.492. The number of rotatable bonds is 4. The fourth-order valence-electron chi connectivity index (χ4n) is 2.19. The number of ether oxygens (including phenoxy) is 1. The van der Waals surface area contributed by atoms with E-state index < -0.39 is 5.97 Å². The largest absolute Gasteiger partial charge is 0.423 e. The minimum absolute atomic E-state index is 0.476. The van der Waals surface area contributed by atoms with Crippen molar-refractivity contribution < 1.29 is 9.53 Å². The van der Waals surface area contributed by atoms with E-state index in [9.17, 15) is 4.79 Å². The van der Waals surface area contributed by atoms with Gasteiger partial charge in [0.2, 0.25) is 0 Å². The van der Waals surface area contributed by atoms with E-state index in [2.05, 4.69) is 16.8 Å². The van der Waals surface area contributed by atoms with Crippen molar-refractivity contribution in [1.82, 2.24) is 0 Å². The average Bonchev–Trinajstić information content (AvgIpc) is 2.62. The Morgan fingerprint density at radius 2 is 1.57 bits per heavy atom. The molecule has 0 aliphatic heterocycles. The molecular weight excluding hydrogens is 288 g/mol. The van der Waals surface area contributed by atoms with Gasteiger partial charge in [-0.05, 0) is 24.3 Å². The smallest absolute Gasteiger partial charge is 0.335 e. The summed E-state index contributed by atoms with van der Waals surface area (Å²) in [6.45, 7) is 3.41. The molecular formula is C19H14N2O2. The second-order valence-corrected chi connectivity index (χ2v) is 4.79. The Morgan fingerprint density at radius 1 is 0.870 bits per heavy atom. The van der Waals surface area contributed by atoms with Crippen LogP contribution < -0.4 is 4.74 Å². The molecule has 0 saturated carbocycles. The quantitative estimate of drug-likeness (QED) is 0.282. The molecule has 0 aliphatic carbocycles. The van der Waals surface area contributed by atoms with Gasteiger partial charge in [0.15, 0.2) is 0 Å². The third-order valence-electron chi connectivity index (χ3n) is 3.27. The zero-order valence-electron chi connectivity index (χ0n) is 12.3. The molecule has 0 saturated heterocycles. The zero-order valence-corrected chi connectivity index (χ0v) is 12.3. The summed E-state index contributed by atoms with van der Waals surface area (Å²) in [5, 5.41) is 10.2. The number of carbonyl (C=O) groups is 1. The van der Waals surface area contributed by atoms with E-state index in [1.54, 1.807) is 12.1 Å². The summed E-state index contributed by atoms with van der Waals surface area (Å²) in [7, 11) is 0. The highest BCUT2D eigenvalue weighted by atomic mass is 16.5. The molecule has 112 valence electrons. The van der Waals surface area contributed by atoms with Crippen LogP contribution in [0.3, 0.4) is 0 Å². The molecule has 3 aromatic carbocycles. The zero-order chi connectivity index (χ0) is 16.1.